The number of H-pyrrole nitrogens is 1. The Labute approximate surface area is 179 Å². The molecule has 5 rings (SSSR count). The van der Waals surface area contributed by atoms with Gasteiger partial charge in [-0.3, -0.25) is 9.48 Å². The normalized spacial score (nSPS) is 13.1. The van der Waals surface area contributed by atoms with Crippen molar-refractivity contribution in [1.82, 2.24) is 24.6 Å². The van der Waals surface area contributed by atoms with Gasteiger partial charge in [0.05, 0.1) is 30.4 Å². The average Bonchev–Trinajstić information content (AvgIpc) is 3.39. The molecule has 4 heterocycles. The quantitative estimate of drug-likeness (QED) is 0.522. The molecule has 0 fully saturated rings. The molecule has 0 saturated heterocycles. The first-order chi connectivity index (χ1) is 15.1. The van der Waals surface area contributed by atoms with Gasteiger partial charge in [-0.2, -0.15) is 10.4 Å². The third kappa shape index (κ3) is 3.01. The van der Waals surface area contributed by atoms with Crippen LogP contribution >= 0.6 is 0 Å². The van der Waals surface area contributed by atoms with E-state index in [1.807, 2.05) is 29.1 Å². The first-order valence-corrected chi connectivity index (χ1v) is 10.1. The summed E-state index contributed by atoms with van der Waals surface area (Å²) in [6.45, 7) is 7.33. The van der Waals surface area contributed by atoms with Crippen molar-refractivity contribution in [3.05, 3.63) is 72.2 Å². The molecule has 1 aliphatic rings. The van der Waals surface area contributed by atoms with Crippen molar-refractivity contribution in [1.29, 1.82) is 5.26 Å². The molecule has 1 aliphatic heterocycles. The van der Waals surface area contributed by atoms with E-state index in [0.717, 1.165) is 44.7 Å². The van der Waals surface area contributed by atoms with Crippen LogP contribution in [0.5, 0.6) is 0 Å². The second-order valence-corrected chi connectivity index (χ2v) is 7.60. The van der Waals surface area contributed by atoms with Crippen LogP contribution in [0.3, 0.4) is 0 Å². The highest BCUT2D eigenvalue weighted by Crippen LogP contribution is 2.40. The fourth-order valence-corrected chi connectivity index (χ4v) is 4.25. The second kappa shape index (κ2) is 7.26. The SMILES string of the molecule is C=CC(=O)N1CCn2nc(-c3ccc(C#N)cc3)c(-c3ccnc4[nH]cc(C)c34)c2C1. The lowest BCUT2D eigenvalue weighted by Crippen LogP contribution is -2.37. The first-order valence-electron chi connectivity index (χ1n) is 10.1. The fourth-order valence-electron chi connectivity index (χ4n) is 4.25. The molecule has 7 heteroatoms. The zero-order valence-corrected chi connectivity index (χ0v) is 17.1. The van der Waals surface area contributed by atoms with E-state index in [-0.39, 0.29) is 5.91 Å². The summed E-state index contributed by atoms with van der Waals surface area (Å²) in [4.78, 5) is 21.8. The minimum Gasteiger partial charge on any atom is -0.346 e. The molecule has 3 aromatic heterocycles. The van der Waals surface area contributed by atoms with Gasteiger partial charge in [0.15, 0.2) is 0 Å². The maximum Gasteiger partial charge on any atom is 0.246 e. The molecule has 1 amide bonds. The number of carbonyl (C=O) groups excluding carboxylic acids is 1. The van der Waals surface area contributed by atoms with Crippen molar-refractivity contribution in [2.45, 2.75) is 20.0 Å². The molecule has 7 nitrogen and oxygen atoms in total. The summed E-state index contributed by atoms with van der Waals surface area (Å²) in [6, 6.07) is 11.6. The molecule has 0 unspecified atom stereocenters. The summed E-state index contributed by atoms with van der Waals surface area (Å²) in [6.07, 6.45) is 5.09. The standard InChI is InChI=1S/C24H20N6O/c1-3-20(31)29-10-11-30-19(14-29)22(18-8-9-26-24-21(18)15(2)13-27-24)23(28-30)17-6-4-16(12-25)5-7-17/h3-9,13H,1,10-11,14H2,2H3,(H,26,27). The summed E-state index contributed by atoms with van der Waals surface area (Å²) in [5.41, 5.74) is 7.27. The third-order valence-electron chi connectivity index (χ3n) is 5.79. The largest absolute Gasteiger partial charge is 0.346 e. The van der Waals surface area contributed by atoms with Gasteiger partial charge in [0.2, 0.25) is 5.91 Å². The fraction of sp³-hybridized carbons (Fsp3) is 0.167. The summed E-state index contributed by atoms with van der Waals surface area (Å²) < 4.78 is 1.99. The third-order valence-corrected chi connectivity index (χ3v) is 5.79. The smallest absolute Gasteiger partial charge is 0.246 e. The Kier molecular flexibility index (Phi) is 4.41. The molecular formula is C24H20N6O. The Morgan fingerprint density at radius 1 is 1.26 bits per heavy atom. The summed E-state index contributed by atoms with van der Waals surface area (Å²) in [5.74, 6) is -0.0870. The van der Waals surface area contributed by atoms with Crippen molar-refractivity contribution in [3.63, 3.8) is 0 Å². The topological polar surface area (TPSA) is 90.6 Å². The van der Waals surface area contributed by atoms with E-state index in [2.05, 4.69) is 29.5 Å². The molecule has 0 radical (unpaired) electrons. The van der Waals surface area contributed by atoms with E-state index >= 15 is 0 Å². The lowest BCUT2D eigenvalue weighted by atomic mass is 9.95. The lowest BCUT2D eigenvalue weighted by Gasteiger charge is -2.27. The molecule has 1 N–H and O–H groups in total. The number of nitrogens with one attached hydrogen (secondary N) is 1. The molecule has 0 aliphatic carbocycles. The summed E-state index contributed by atoms with van der Waals surface area (Å²) >= 11 is 0. The van der Waals surface area contributed by atoms with Crippen LogP contribution in [0.2, 0.25) is 0 Å². The zero-order chi connectivity index (χ0) is 21.5. The van der Waals surface area contributed by atoms with Crippen LogP contribution in [0.4, 0.5) is 0 Å². The number of rotatable bonds is 3. The number of aromatic amines is 1. The maximum atomic E-state index is 12.3. The highest BCUT2D eigenvalue weighted by molar-refractivity contribution is 6.00. The minimum atomic E-state index is -0.0870. The molecule has 0 spiro atoms. The van der Waals surface area contributed by atoms with Gasteiger partial charge in [-0.25, -0.2) is 4.98 Å². The second-order valence-electron chi connectivity index (χ2n) is 7.60. The monoisotopic (exact) mass is 408 g/mol. The van der Waals surface area contributed by atoms with Crippen LogP contribution < -0.4 is 0 Å². The van der Waals surface area contributed by atoms with Crippen LogP contribution in [-0.4, -0.2) is 37.1 Å². The van der Waals surface area contributed by atoms with Crippen LogP contribution in [0, 0.1) is 18.3 Å². The number of hydrogen-bond acceptors (Lipinski definition) is 4. The highest BCUT2D eigenvalue weighted by atomic mass is 16.2. The number of aryl methyl sites for hydroxylation is 1. The molecular weight excluding hydrogens is 388 g/mol. The van der Waals surface area contributed by atoms with Gasteiger partial charge < -0.3 is 9.88 Å². The van der Waals surface area contributed by atoms with Gasteiger partial charge in [0, 0.05) is 35.5 Å². The van der Waals surface area contributed by atoms with E-state index in [1.165, 1.54) is 6.08 Å². The van der Waals surface area contributed by atoms with Crippen LogP contribution in [0.15, 0.2) is 55.4 Å². The Balaban J connectivity index is 1.77. The Hall–Kier alpha value is -4.18. The number of nitrogens with zero attached hydrogens (tertiary/aromatic N) is 5. The zero-order valence-electron chi connectivity index (χ0n) is 17.1. The number of hydrogen-bond donors (Lipinski definition) is 1. The van der Waals surface area contributed by atoms with E-state index in [1.54, 1.807) is 23.2 Å². The maximum absolute atomic E-state index is 12.3. The molecule has 4 aromatic rings. The van der Waals surface area contributed by atoms with Gasteiger partial charge in [0.25, 0.3) is 0 Å². The molecule has 152 valence electrons. The summed E-state index contributed by atoms with van der Waals surface area (Å²) in [7, 11) is 0. The van der Waals surface area contributed by atoms with E-state index in [9.17, 15) is 4.79 Å². The number of nitriles is 1. The van der Waals surface area contributed by atoms with E-state index in [4.69, 9.17) is 10.4 Å². The van der Waals surface area contributed by atoms with Crippen molar-refractivity contribution in [2.75, 3.05) is 6.54 Å². The Morgan fingerprint density at radius 2 is 2.06 bits per heavy atom. The Bertz CT molecular complexity index is 1370. The number of carbonyl (C=O) groups is 1. The van der Waals surface area contributed by atoms with Crippen molar-refractivity contribution >= 4 is 16.9 Å². The van der Waals surface area contributed by atoms with Gasteiger partial charge >= 0.3 is 0 Å². The number of benzene rings is 1. The van der Waals surface area contributed by atoms with Gasteiger partial charge in [-0.15, -0.1) is 0 Å². The molecule has 0 bridgehead atoms. The van der Waals surface area contributed by atoms with Crippen LogP contribution in [0.1, 0.15) is 16.8 Å². The van der Waals surface area contributed by atoms with Crippen molar-refractivity contribution < 1.29 is 4.79 Å². The predicted octanol–water partition coefficient (Wildman–Crippen LogP) is 3.80. The molecule has 0 atom stereocenters. The van der Waals surface area contributed by atoms with E-state index in [0.29, 0.717) is 25.2 Å². The number of aromatic nitrogens is 4. The van der Waals surface area contributed by atoms with Crippen molar-refractivity contribution in [3.8, 4) is 28.5 Å². The van der Waals surface area contributed by atoms with Crippen LogP contribution in [-0.2, 0) is 17.9 Å². The minimum absolute atomic E-state index is 0.0870. The first kappa shape index (κ1) is 18.8. The average molecular weight is 408 g/mol. The van der Waals surface area contributed by atoms with Gasteiger partial charge in [-0.05, 0) is 42.3 Å². The molecule has 1 aromatic carbocycles. The number of amides is 1. The number of pyridine rings is 1. The summed E-state index contributed by atoms with van der Waals surface area (Å²) in [5, 5.41) is 15.1. The lowest BCUT2D eigenvalue weighted by molar-refractivity contribution is -0.127. The molecule has 0 saturated carbocycles. The highest BCUT2D eigenvalue weighted by Gasteiger charge is 2.28. The number of fused-ring (bicyclic) bond motifs is 2. The van der Waals surface area contributed by atoms with Crippen LogP contribution in [0.25, 0.3) is 33.4 Å². The predicted molar refractivity (Wildman–Crippen MR) is 118 cm³/mol. The van der Waals surface area contributed by atoms with Gasteiger partial charge in [0.1, 0.15) is 11.3 Å². The van der Waals surface area contributed by atoms with Gasteiger partial charge in [-0.1, -0.05) is 18.7 Å². The van der Waals surface area contributed by atoms with Crippen molar-refractivity contribution in [2.24, 2.45) is 0 Å². The van der Waals surface area contributed by atoms with E-state index < -0.39 is 0 Å². The Morgan fingerprint density at radius 3 is 2.81 bits per heavy atom. The molecule has 31 heavy (non-hydrogen) atoms.